The molecule has 0 radical (unpaired) electrons. The van der Waals surface area contributed by atoms with Crippen molar-refractivity contribution >= 4 is 12.0 Å². The van der Waals surface area contributed by atoms with E-state index >= 15 is 0 Å². The summed E-state index contributed by atoms with van der Waals surface area (Å²) in [6, 6.07) is 3.38. The fourth-order valence-electron chi connectivity index (χ4n) is 6.70. The molecule has 4 rings (SSSR count). The SMILES string of the molecule is Cc1cc(F)ccc1[C@H]1CN(CCC2CCC(CC(=O)O)CC2)CCN1C(=O)N(C)[C@H](C)c1cc(C(F)(F)F)cc(C(F)(F)F)c1. The Kier molecular flexibility index (Phi) is 10.9. The molecular weight excluding hydrogens is 619 g/mol. The molecule has 2 aromatic carbocycles. The average molecular weight is 660 g/mol. The number of amides is 2. The maximum absolute atomic E-state index is 14.0. The molecule has 1 heterocycles. The zero-order valence-electron chi connectivity index (χ0n) is 26.1. The number of aliphatic carboxylic acids is 1. The van der Waals surface area contributed by atoms with E-state index in [4.69, 9.17) is 5.11 Å². The van der Waals surface area contributed by atoms with Crippen LogP contribution in [0.2, 0.25) is 0 Å². The molecule has 2 amide bonds. The topological polar surface area (TPSA) is 64.1 Å². The van der Waals surface area contributed by atoms with E-state index in [0.717, 1.165) is 43.5 Å². The number of hydrogen-bond donors (Lipinski definition) is 1. The number of carbonyl (C=O) groups is 2. The zero-order valence-corrected chi connectivity index (χ0v) is 26.1. The molecule has 1 aliphatic carbocycles. The highest BCUT2D eigenvalue weighted by atomic mass is 19.4. The number of benzene rings is 2. The molecule has 46 heavy (non-hydrogen) atoms. The van der Waals surface area contributed by atoms with Crippen molar-refractivity contribution < 1.29 is 45.4 Å². The van der Waals surface area contributed by atoms with Gasteiger partial charge in [-0.25, -0.2) is 9.18 Å². The van der Waals surface area contributed by atoms with E-state index in [2.05, 4.69) is 4.90 Å². The van der Waals surface area contributed by atoms with Crippen LogP contribution in [0.4, 0.5) is 35.5 Å². The third-order valence-electron chi connectivity index (χ3n) is 9.56. The van der Waals surface area contributed by atoms with E-state index in [-0.39, 0.29) is 30.5 Å². The second kappa shape index (κ2) is 14.2. The highest BCUT2D eigenvalue weighted by Crippen LogP contribution is 2.39. The minimum absolute atomic E-state index is 0.0618. The molecular formula is C33H40F7N3O3. The van der Waals surface area contributed by atoms with Gasteiger partial charge in [0.05, 0.1) is 23.2 Å². The summed E-state index contributed by atoms with van der Waals surface area (Å²) in [6.07, 6.45) is -5.30. The third kappa shape index (κ3) is 8.71. The Hall–Kier alpha value is -3.35. The molecule has 2 aliphatic rings. The first kappa shape index (κ1) is 35.5. The second-order valence-electron chi connectivity index (χ2n) is 12.7. The molecule has 6 nitrogen and oxygen atoms in total. The number of carbonyl (C=O) groups excluding carboxylic acids is 1. The number of aryl methyl sites for hydroxylation is 1. The van der Waals surface area contributed by atoms with Crippen LogP contribution in [0.1, 0.15) is 85.3 Å². The molecule has 1 saturated heterocycles. The Labute approximate surface area is 264 Å². The van der Waals surface area contributed by atoms with Gasteiger partial charge in [0.2, 0.25) is 0 Å². The van der Waals surface area contributed by atoms with Gasteiger partial charge >= 0.3 is 24.4 Å². The summed E-state index contributed by atoms with van der Waals surface area (Å²) in [5.74, 6) is -0.568. The lowest BCUT2D eigenvalue weighted by Gasteiger charge is -2.44. The van der Waals surface area contributed by atoms with Crippen molar-refractivity contribution in [1.82, 2.24) is 14.7 Å². The summed E-state index contributed by atoms with van der Waals surface area (Å²) >= 11 is 0. The predicted octanol–water partition coefficient (Wildman–Crippen LogP) is 8.31. The molecule has 1 aliphatic heterocycles. The van der Waals surface area contributed by atoms with Gasteiger partial charge in [-0.1, -0.05) is 18.9 Å². The summed E-state index contributed by atoms with van der Waals surface area (Å²) < 4.78 is 95.2. The molecule has 13 heteroatoms. The first-order chi connectivity index (χ1) is 21.4. The van der Waals surface area contributed by atoms with Gasteiger partial charge in [-0.05, 0) is 98.5 Å². The Morgan fingerprint density at radius 2 is 1.52 bits per heavy atom. The lowest BCUT2D eigenvalue weighted by atomic mass is 9.79. The van der Waals surface area contributed by atoms with E-state index in [0.29, 0.717) is 42.3 Å². The molecule has 2 fully saturated rings. The van der Waals surface area contributed by atoms with Crippen LogP contribution < -0.4 is 0 Å². The van der Waals surface area contributed by atoms with Crippen LogP contribution in [-0.2, 0) is 17.1 Å². The van der Waals surface area contributed by atoms with Crippen LogP contribution in [-0.4, -0.2) is 65.0 Å². The van der Waals surface area contributed by atoms with Crippen molar-refractivity contribution in [3.63, 3.8) is 0 Å². The van der Waals surface area contributed by atoms with Gasteiger partial charge in [-0.15, -0.1) is 0 Å². The van der Waals surface area contributed by atoms with Crippen LogP contribution in [0.5, 0.6) is 0 Å². The van der Waals surface area contributed by atoms with Crippen molar-refractivity contribution in [2.24, 2.45) is 11.8 Å². The van der Waals surface area contributed by atoms with E-state index in [1.165, 1.54) is 26.1 Å². The van der Waals surface area contributed by atoms with Crippen LogP contribution in [0.15, 0.2) is 36.4 Å². The van der Waals surface area contributed by atoms with Crippen LogP contribution in [0.3, 0.4) is 0 Å². The third-order valence-corrected chi connectivity index (χ3v) is 9.56. The minimum Gasteiger partial charge on any atom is -0.481 e. The summed E-state index contributed by atoms with van der Waals surface area (Å²) in [4.78, 5) is 29.9. The van der Waals surface area contributed by atoms with Crippen molar-refractivity contribution in [3.05, 3.63) is 70.0 Å². The van der Waals surface area contributed by atoms with Gasteiger partial charge in [-0.2, -0.15) is 26.3 Å². The summed E-state index contributed by atoms with van der Waals surface area (Å²) in [7, 11) is 1.35. The maximum Gasteiger partial charge on any atom is 0.416 e. The quantitative estimate of drug-likeness (QED) is 0.290. The largest absolute Gasteiger partial charge is 0.481 e. The number of nitrogens with zero attached hydrogens (tertiary/aromatic N) is 3. The van der Waals surface area contributed by atoms with Crippen molar-refractivity contribution in [3.8, 4) is 0 Å². The molecule has 2 aromatic rings. The van der Waals surface area contributed by atoms with Crippen LogP contribution >= 0.6 is 0 Å². The maximum atomic E-state index is 14.0. The normalized spacial score (nSPS) is 22.0. The van der Waals surface area contributed by atoms with E-state index < -0.39 is 53.4 Å². The first-order valence-electron chi connectivity index (χ1n) is 15.5. The van der Waals surface area contributed by atoms with E-state index in [1.807, 2.05) is 0 Å². The Balaban J connectivity index is 1.52. The van der Waals surface area contributed by atoms with E-state index in [1.54, 1.807) is 17.9 Å². The second-order valence-corrected chi connectivity index (χ2v) is 12.7. The smallest absolute Gasteiger partial charge is 0.416 e. The van der Waals surface area contributed by atoms with Crippen LogP contribution in [0.25, 0.3) is 0 Å². The monoisotopic (exact) mass is 659 g/mol. The number of carboxylic acid groups (broad SMARTS) is 1. The number of urea groups is 1. The molecule has 1 saturated carbocycles. The standard InChI is InChI=1S/C33H40F7N3O3/c1-20-14-27(34)8-9-28(20)29-19-42(11-10-22-4-6-23(7-5-22)15-30(44)45)12-13-43(29)31(46)41(3)21(2)24-16-25(32(35,36)37)18-26(17-24)33(38,39)40/h8-9,14,16-18,21-23,29H,4-7,10-13,15,19H2,1-3H3,(H,44,45)/t21-,22?,23?,29-/m1/s1. The highest BCUT2D eigenvalue weighted by Gasteiger charge is 2.39. The molecule has 0 bridgehead atoms. The molecule has 0 spiro atoms. The van der Waals surface area contributed by atoms with Gasteiger partial charge in [0.15, 0.2) is 0 Å². The van der Waals surface area contributed by atoms with Crippen molar-refractivity contribution in [2.45, 2.75) is 76.8 Å². The van der Waals surface area contributed by atoms with Crippen molar-refractivity contribution in [2.75, 3.05) is 33.2 Å². The molecule has 1 N–H and O–H groups in total. The van der Waals surface area contributed by atoms with Gasteiger partial charge in [0.25, 0.3) is 0 Å². The number of carboxylic acids is 1. The average Bonchev–Trinajstić information content (AvgIpc) is 2.98. The number of alkyl halides is 6. The minimum atomic E-state index is -5.02. The number of hydrogen-bond acceptors (Lipinski definition) is 3. The van der Waals surface area contributed by atoms with Gasteiger partial charge in [-0.3, -0.25) is 9.69 Å². The summed E-state index contributed by atoms with van der Waals surface area (Å²) in [5.41, 5.74) is -1.88. The lowest BCUT2D eigenvalue weighted by Crippen LogP contribution is -2.54. The predicted molar refractivity (Wildman–Crippen MR) is 157 cm³/mol. The summed E-state index contributed by atoms with van der Waals surface area (Å²) in [6.45, 7) is 5.01. The van der Waals surface area contributed by atoms with Gasteiger partial charge in [0, 0.05) is 33.1 Å². The molecule has 2 atom stereocenters. The molecule has 254 valence electrons. The fourth-order valence-corrected chi connectivity index (χ4v) is 6.70. The number of halogens is 7. The number of piperazine rings is 1. The highest BCUT2D eigenvalue weighted by molar-refractivity contribution is 5.75. The first-order valence-corrected chi connectivity index (χ1v) is 15.5. The Morgan fingerprint density at radius 3 is 2.07 bits per heavy atom. The molecule has 0 aromatic heterocycles. The van der Waals surface area contributed by atoms with Gasteiger partial charge in [0.1, 0.15) is 5.82 Å². The van der Waals surface area contributed by atoms with Gasteiger partial charge < -0.3 is 14.9 Å². The zero-order chi connectivity index (χ0) is 34.0. The number of rotatable bonds is 8. The Bertz CT molecular complexity index is 1360. The van der Waals surface area contributed by atoms with E-state index in [9.17, 15) is 40.3 Å². The fraction of sp³-hybridized carbons (Fsp3) is 0.576. The Morgan fingerprint density at radius 1 is 0.935 bits per heavy atom. The van der Waals surface area contributed by atoms with Crippen molar-refractivity contribution in [1.29, 1.82) is 0 Å². The summed E-state index contributed by atoms with van der Waals surface area (Å²) in [5, 5.41) is 9.08. The van der Waals surface area contributed by atoms with Crippen LogP contribution in [0, 0.1) is 24.6 Å². The lowest BCUT2D eigenvalue weighted by molar-refractivity contribution is -0.143. The molecule has 0 unspecified atom stereocenters.